The van der Waals surface area contributed by atoms with E-state index in [2.05, 4.69) is 6.92 Å². The number of carbonyl (C=O) groups excluding carboxylic acids is 1. The summed E-state index contributed by atoms with van der Waals surface area (Å²) in [4.78, 5) is 12.2. The Hall–Kier alpha value is -2.16. The van der Waals surface area contributed by atoms with E-state index < -0.39 is 5.82 Å². The number of rotatable bonds is 5. The molecule has 2 aromatic rings. The number of benzene rings is 2. The molecule has 0 saturated carbocycles. The van der Waals surface area contributed by atoms with Gasteiger partial charge in [0, 0.05) is 11.1 Å². The lowest BCUT2D eigenvalue weighted by atomic mass is 10.00. The number of hydrogen-bond donors (Lipinski definition) is 1. The van der Waals surface area contributed by atoms with Crippen LogP contribution in [0.2, 0.25) is 0 Å². The van der Waals surface area contributed by atoms with Crippen molar-refractivity contribution in [2.75, 3.05) is 5.73 Å². The maximum atomic E-state index is 13.4. The first-order valence-corrected chi connectivity index (χ1v) is 6.80. The lowest BCUT2D eigenvalue weighted by molar-refractivity contribution is 0.103. The second kappa shape index (κ2) is 6.33. The van der Waals surface area contributed by atoms with Crippen LogP contribution in [0.4, 0.5) is 10.1 Å². The minimum absolute atomic E-state index is 0.0523. The van der Waals surface area contributed by atoms with Crippen LogP contribution >= 0.6 is 0 Å². The largest absolute Gasteiger partial charge is 0.396 e. The van der Waals surface area contributed by atoms with Crippen molar-refractivity contribution in [3.8, 4) is 0 Å². The van der Waals surface area contributed by atoms with Crippen LogP contribution in [0.3, 0.4) is 0 Å². The Morgan fingerprint density at radius 3 is 2.35 bits per heavy atom. The van der Waals surface area contributed by atoms with Gasteiger partial charge in [0.2, 0.25) is 0 Å². The maximum Gasteiger partial charge on any atom is 0.193 e. The van der Waals surface area contributed by atoms with Gasteiger partial charge in [-0.05, 0) is 36.6 Å². The van der Waals surface area contributed by atoms with E-state index in [-0.39, 0.29) is 11.5 Å². The van der Waals surface area contributed by atoms with Gasteiger partial charge in [0.05, 0.1) is 5.69 Å². The minimum atomic E-state index is -0.560. The average molecular weight is 271 g/mol. The molecule has 2 rings (SSSR count). The summed E-state index contributed by atoms with van der Waals surface area (Å²) in [6.07, 6.45) is 3.29. The molecule has 0 aliphatic heterocycles. The summed E-state index contributed by atoms with van der Waals surface area (Å²) in [5, 5.41) is 0. The van der Waals surface area contributed by atoms with Gasteiger partial charge in [-0.2, -0.15) is 0 Å². The highest BCUT2D eigenvalue weighted by atomic mass is 19.1. The molecule has 0 amide bonds. The molecule has 0 spiro atoms. The summed E-state index contributed by atoms with van der Waals surface area (Å²) >= 11 is 0. The van der Waals surface area contributed by atoms with Gasteiger partial charge < -0.3 is 5.73 Å². The predicted octanol–water partition coefficient (Wildman–Crippen LogP) is 3.98. The van der Waals surface area contributed by atoms with Gasteiger partial charge in [0.1, 0.15) is 5.82 Å². The fourth-order valence-electron chi connectivity index (χ4n) is 2.04. The zero-order valence-electron chi connectivity index (χ0n) is 11.5. The van der Waals surface area contributed by atoms with Crippen molar-refractivity contribution in [3.63, 3.8) is 0 Å². The van der Waals surface area contributed by atoms with Gasteiger partial charge in [-0.1, -0.05) is 37.6 Å². The number of unbranched alkanes of at least 4 members (excludes halogenated alkanes) is 1. The van der Waals surface area contributed by atoms with Crippen LogP contribution in [0.15, 0.2) is 42.5 Å². The Morgan fingerprint density at radius 1 is 1.10 bits per heavy atom. The number of aryl methyl sites for hydroxylation is 1. The number of nitrogen functional groups attached to an aromatic ring is 1. The minimum Gasteiger partial charge on any atom is -0.396 e. The second-order valence-corrected chi connectivity index (χ2v) is 4.87. The van der Waals surface area contributed by atoms with E-state index in [0.717, 1.165) is 19.3 Å². The topological polar surface area (TPSA) is 43.1 Å². The Balaban J connectivity index is 2.18. The monoisotopic (exact) mass is 271 g/mol. The zero-order valence-corrected chi connectivity index (χ0v) is 11.5. The molecule has 3 heteroatoms. The van der Waals surface area contributed by atoms with E-state index >= 15 is 0 Å². The van der Waals surface area contributed by atoms with Gasteiger partial charge in [-0.25, -0.2) is 4.39 Å². The number of halogens is 1. The molecule has 0 saturated heterocycles. The molecule has 0 radical (unpaired) electrons. The fourth-order valence-corrected chi connectivity index (χ4v) is 2.04. The smallest absolute Gasteiger partial charge is 0.193 e. The highest BCUT2D eigenvalue weighted by molar-refractivity contribution is 6.09. The standard InChI is InChI=1S/C17H18FNO/c1-2-3-4-12-5-7-13(8-6-12)17(20)14-9-10-16(19)15(18)11-14/h5-11H,2-4,19H2,1H3. The summed E-state index contributed by atoms with van der Waals surface area (Å²) in [5.41, 5.74) is 7.56. The van der Waals surface area contributed by atoms with Gasteiger partial charge in [-0.3, -0.25) is 4.79 Å². The highest BCUT2D eigenvalue weighted by Crippen LogP contribution is 2.16. The van der Waals surface area contributed by atoms with E-state index in [4.69, 9.17) is 5.73 Å². The van der Waals surface area contributed by atoms with Crippen molar-refractivity contribution in [1.82, 2.24) is 0 Å². The van der Waals surface area contributed by atoms with Gasteiger partial charge in [0.25, 0.3) is 0 Å². The number of carbonyl (C=O) groups is 1. The first-order valence-electron chi connectivity index (χ1n) is 6.80. The molecule has 0 bridgehead atoms. The van der Waals surface area contributed by atoms with E-state index in [1.807, 2.05) is 12.1 Å². The summed E-state index contributed by atoms with van der Waals surface area (Å²) in [6, 6.07) is 11.6. The van der Waals surface area contributed by atoms with Crippen molar-refractivity contribution in [1.29, 1.82) is 0 Å². The van der Waals surface area contributed by atoms with E-state index in [0.29, 0.717) is 11.1 Å². The number of ketones is 1. The molecule has 104 valence electrons. The third kappa shape index (κ3) is 3.23. The summed E-state index contributed by atoms with van der Waals surface area (Å²) in [6.45, 7) is 2.15. The van der Waals surface area contributed by atoms with Crippen LogP contribution in [0, 0.1) is 5.82 Å². The molecule has 0 aromatic heterocycles. The maximum absolute atomic E-state index is 13.4. The van der Waals surface area contributed by atoms with Gasteiger partial charge in [-0.15, -0.1) is 0 Å². The Kier molecular flexibility index (Phi) is 4.51. The Labute approximate surface area is 118 Å². The molecule has 0 aliphatic carbocycles. The van der Waals surface area contributed by atoms with E-state index in [1.54, 1.807) is 18.2 Å². The lowest BCUT2D eigenvalue weighted by Gasteiger charge is -2.05. The fraction of sp³-hybridized carbons (Fsp3) is 0.235. The van der Waals surface area contributed by atoms with Crippen LogP contribution < -0.4 is 5.73 Å². The first-order chi connectivity index (χ1) is 9.61. The predicted molar refractivity (Wildman–Crippen MR) is 79.3 cm³/mol. The van der Waals surface area contributed by atoms with Gasteiger partial charge in [0.15, 0.2) is 5.78 Å². The molecule has 0 heterocycles. The Morgan fingerprint density at radius 2 is 1.75 bits per heavy atom. The normalized spacial score (nSPS) is 10.5. The molecule has 2 N–H and O–H groups in total. The third-order valence-corrected chi connectivity index (χ3v) is 3.30. The first kappa shape index (κ1) is 14.3. The SMILES string of the molecule is CCCCc1ccc(C(=O)c2ccc(N)c(F)c2)cc1. The number of nitrogens with two attached hydrogens (primary N) is 1. The lowest BCUT2D eigenvalue weighted by Crippen LogP contribution is -2.03. The molecular weight excluding hydrogens is 253 g/mol. The van der Waals surface area contributed by atoms with Crippen LogP contribution in [0.25, 0.3) is 0 Å². The highest BCUT2D eigenvalue weighted by Gasteiger charge is 2.11. The molecule has 2 aromatic carbocycles. The van der Waals surface area contributed by atoms with Crippen LogP contribution in [0.1, 0.15) is 41.3 Å². The van der Waals surface area contributed by atoms with Crippen molar-refractivity contribution in [2.45, 2.75) is 26.2 Å². The zero-order chi connectivity index (χ0) is 14.5. The summed E-state index contributed by atoms with van der Waals surface area (Å²) < 4.78 is 13.4. The van der Waals surface area contributed by atoms with Crippen molar-refractivity contribution >= 4 is 11.5 Å². The molecule has 0 atom stereocenters. The summed E-state index contributed by atoms with van der Waals surface area (Å²) in [7, 11) is 0. The van der Waals surface area contributed by atoms with E-state index in [1.165, 1.54) is 17.7 Å². The van der Waals surface area contributed by atoms with Crippen LogP contribution in [-0.2, 0) is 6.42 Å². The van der Waals surface area contributed by atoms with Crippen LogP contribution in [-0.4, -0.2) is 5.78 Å². The van der Waals surface area contributed by atoms with Gasteiger partial charge >= 0.3 is 0 Å². The Bertz CT molecular complexity index is 605. The summed E-state index contributed by atoms with van der Waals surface area (Å²) in [5.74, 6) is -0.749. The van der Waals surface area contributed by atoms with Crippen LogP contribution in [0.5, 0.6) is 0 Å². The molecule has 20 heavy (non-hydrogen) atoms. The molecule has 0 aliphatic rings. The van der Waals surface area contributed by atoms with E-state index in [9.17, 15) is 9.18 Å². The van der Waals surface area contributed by atoms with Crippen molar-refractivity contribution in [3.05, 3.63) is 65.0 Å². The number of hydrogen-bond acceptors (Lipinski definition) is 2. The number of anilines is 1. The molecular formula is C17H18FNO. The molecule has 0 fully saturated rings. The molecule has 0 unspecified atom stereocenters. The molecule has 2 nitrogen and oxygen atoms in total. The second-order valence-electron chi connectivity index (χ2n) is 4.87. The van der Waals surface area contributed by atoms with Crippen molar-refractivity contribution < 1.29 is 9.18 Å². The van der Waals surface area contributed by atoms with Crippen molar-refractivity contribution in [2.24, 2.45) is 0 Å². The quantitative estimate of drug-likeness (QED) is 0.660. The average Bonchev–Trinajstić information content (AvgIpc) is 2.48. The third-order valence-electron chi connectivity index (χ3n) is 3.30.